The Bertz CT molecular complexity index is 1180. The molecule has 0 saturated carbocycles. The first kappa shape index (κ1) is 23.6. The van der Waals surface area contributed by atoms with E-state index in [0.29, 0.717) is 22.9 Å². The Morgan fingerprint density at radius 2 is 1.72 bits per heavy atom. The Balaban J connectivity index is 1.57. The quantitative estimate of drug-likeness (QED) is 0.465. The largest absolute Gasteiger partial charge is 0.495 e. The summed E-state index contributed by atoms with van der Waals surface area (Å²) < 4.78 is 46.1. The fourth-order valence-electron chi connectivity index (χ4n) is 2.86. The van der Waals surface area contributed by atoms with Gasteiger partial charge in [0.1, 0.15) is 11.6 Å². The lowest BCUT2D eigenvalue weighted by molar-refractivity contribution is -0.113. The molecule has 3 aromatic rings. The van der Waals surface area contributed by atoms with Gasteiger partial charge in [0.05, 0.1) is 23.4 Å². The van der Waals surface area contributed by atoms with Crippen molar-refractivity contribution in [3.05, 3.63) is 83.7 Å². The molecule has 0 saturated heterocycles. The molecule has 0 atom stereocenters. The monoisotopic (exact) mass is 474 g/mol. The van der Waals surface area contributed by atoms with Gasteiger partial charge in [-0.2, -0.15) is 0 Å². The van der Waals surface area contributed by atoms with Crippen molar-refractivity contribution >= 4 is 39.1 Å². The van der Waals surface area contributed by atoms with Crippen molar-refractivity contribution in [3.63, 3.8) is 0 Å². The maximum atomic E-state index is 12.9. The van der Waals surface area contributed by atoms with E-state index in [0.717, 1.165) is 11.1 Å². The second-order valence-corrected chi connectivity index (χ2v) is 9.67. The van der Waals surface area contributed by atoms with Gasteiger partial charge in [0.2, 0.25) is 5.91 Å². The summed E-state index contributed by atoms with van der Waals surface area (Å²) in [6.45, 7) is 1.85. The molecule has 0 aromatic heterocycles. The number of amides is 1. The molecule has 32 heavy (non-hydrogen) atoms. The molecular weight excluding hydrogens is 451 g/mol. The van der Waals surface area contributed by atoms with Gasteiger partial charge in [-0.25, -0.2) is 12.8 Å². The Morgan fingerprint density at radius 3 is 2.38 bits per heavy atom. The van der Waals surface area contributed by atoms with Crippen molar-refractivity contribution in [2.24, 2.45) is 0 Å². The van der Waals surface area contributed by atoms with Crippen LogP contribution < -0.4 is 14.8 Å². The second kappa shape index (κ2) is 10.5. The molecule has 0 fully saturated rings. The van der Waals surface area contributed by atoms with Crippen LogP contribution in [0, 0.1) is 12.7 Å². The summed E-state index contributed by atoms with van der Waals surface area (Å²) in [7, 11) is -2.36. The molecule has 0 spiro atoms. The summed E-state index contributed by atoms with van der Waals surface area (Å²) >= 11 is 1.40. The van der Waals surface area contributed by atoms with Crippen LogP contribution in [0.1, 0.15) is 11.1 Å². The van der Waals surface area contributed by atoms with Crippen molar-refractivity contribution in [2.45, 2.75) is 17.6 Å². The predicted molar refractivity (Wildman–Crippen MR) is 126 cm³/mol. The van der Waals surface area contributed by atoms with Crippen LogP contribution in [0.4, 0.5) is 15.8 Å². The number of rotatable bonds is 9. The summed E-state index contributed by atoms with van der Waals surface area (Å²) in [4.78, 5) is 12.2. The van der Waals surface area contributed by atoms with Crippen LogP contribution in [0.25, 0.3) is 0 Å². The standard InChI is InChI=1S/C23H23FN2O4S2/c1-16-3-12-22(30-2)21(13-16)26-32(28,29)20-10-8-19(9-11-20)25-23(27)15-31-14-17-4-6-18(24)7-5-17/h3-13,26H,14-15H2,1-2H3,(H,25,27). The zero-order chi connectivity index (χ0) is 23.1. The number of carbonyl (C=O) groups is 1. The number of ether oxygens (including phenoxy) is 1. The molecule has 168 valence electrons. The third-order valence-corrected chi connectivity index (χ3v) is 6.85. The normalized spacial score (nSPS) is 11.1. The maximum Gasteiger partial charge on any atom is 0.262 e. The maximum absolute atomic E-state index is 12.9. The molecule has 9 heteroatoms. The molecule has 0 aliphatic heterocycles. The molecule has 1 amide bonds. The highest BCUT2D eigenvalue weighted by atomic mass is 32.2. The number of methoxy groups -OCH3 is 1. The Hall–Kier alpha value is -3.04. The number of halogens is 1. The topological polar surface area (TPSA) is 84.5 Å². The highest BCUT2D eigenvalue weighted by molar-refractivity contribution is 7.99. The van der Waals surface area contributed by atoms with E-state index >= 15 is 0 Å². The zero-order valence-corrected chi connectivity index (χ0v) is 19.2. The average Bonchev–Trinajstić information content (AvgIpc) is 2.75. The van der Waals surface area contributed by atoms with Gasteiger partial charge in [0.25, 0.3) is 10.0 Å². The number of hydrogen-bond donors (Lipinski definition) is 2. The van der Waals surface area contributed by atoms with Gasteiger partial charge in [-0.1, -0.05) is 18.2 Å². The minimum Gasteiger partial charge on any atom is -0.495 e. The number of anilines is 2. The van der Waals surface area contributed by atoms with E-state index in [4.69, 9.17) is 4.74 Å². The van der Waals surface area contributed by atoms with Crippen LogP contribution in [0.5, 0.6) is 5.75 Å². The smallest absolute Gasteiger partial charge is 0.262 e. The minimum absolute atomic E-state index is 0.0599. The van der Waals surface area contributed by atoms with Gasteiger partial charge in [-0.15, -0.1) is 11.8 Å². The molecule has 0 radical (unpaired) electrons. The van der Waals surface area contributed by atoms with E-state index < -0.39 is 10.0 Å². The molecule has 0 aliphatic rings. The van der Waals surface area contributed by atoms with Gasteiger partial charge >= 0.3 is 0 Å². The number of nitrogens with one attached hydrogen (secondary N) is 2. The van der Waals surface area contributed by atoms with Crippen molar-refractivity contribution in [1.29, 1.82) is 0 Å². The van der Waals surface area contributed by atoms with Crippen molar-refractivity contribution in [2.75, 3.05) is 22.9 Å². The van der Waals surface area contributed by atoms with Crippen molar-refractivity contribution in [1.82, 2.24) is 0 Å². The molecule has 0 aliphatic carbocycles. The molecule has 3 aromatic carbocycles. The third-order valence-electron chi connectivity index (χ3n) is 4.46. The molecule has 2 N–H and O–H groups in total. The van der Waals surface area contributed by atoms with Gasteiger partial charge in [0.15, 0.2) is 0 Å². The van der Waals surface area contributed by atoms with E-state index in [2.05, 4.69) is 10.0 Å². The van der Waals surface area contributed by atoms with Gasteiger partial charge in [0, 0.05) is 11.4 Å². The van der Waals surface area contributed by atoms with Crippen LogP contribution in [0.15, 0.2) is 71.6 Å². The minimum atomic E-state index is -3.83. The molecule has 6 nitrogen and oxygen atoms in total. The third kappa shape index (κ3) is 6.48. The first-order chi connectivity index (χ1) is 15.3. The number of benzene rings is 3. The van der Waals surface area contributed by atoms with Crippen LogP contribution in [0.2, 0.25) is 0 Å². The van der Waals surface area contributed by atoms with Gasteiger partial charge in [-0.05, 0) is 66.6 Å². The Morgan fingerprint density at radius 1 is 1.03 bits per heavy atom. The molecule has 0 heterocycles. The van der Waals surface area contributed by atoms with Crippen molar-refractivity contribution in [3.8, 4) is 5.75 Å². The molecular formula is C23H23FN2O4S2. The number of aryl methyl sites for hydroxylation is 1. The lowest BCUT2D eigenvalue weighted by Crippen LogP contribution is -2.15. The fourth-order valence-corrected chi connectivity index (χ4v) is 4.71. The van der Waals surface area contributed by atoms with Gasteiger partial charge < -0.3 is 10.1 Å². The first-order valence-corrected chi connectivity index (χ1v) is 12.3. The predicted octanol–water partition coefficient (Wildman–Crippen LogP) is 4.82. The summed E-state index contributed by atoms with van der Waals surface area (Å²) in [5, 5.41) is 2.74. The average molecular weight is 475 g/mol. The fraction of sp³-hybridized carbons (Fsp3) is 0.174. The zero-order valence-electron chi connectivity index (χ0n) is 17.6. The Labute approximate surface area is 191 Å². The van der Waals surface area contributed by atoms with Crippen molar-refractivity contribution < 1.29 is 22.3 Å². The van der Waals surface area contributed by atoms with E-state index in [9.17, 15) is 17.6 Å². The van der Waals surface area contributed by atoms with E-state index in [1.807, 2.05) is 13.0 Å². The van der Waals surface area contributed by atoms with E-state index in [1.165, 1.54) is 55.3 Å². The summed E-state index contributed by atoms with van der Waals surface area (Å²) in [5.74, 6) is 0.706. The van der Waals surface area contributed by atoms with Gasteiger partial charge in [-0.3, -0.25) is 9.52 Å². The summed E-state index contributed by atoms with van der Waals surface area (Å²) in [6, 6.07) is 17.2. The first-order valence-electron chi connectivity index (χ1n) is 9.66. The van der Waals surface area contributed by atoms with Crippen LogP contribution in [0.3, 0.4) is 0 Å². The van der Waals surface area contributed by atoms with E-state index in [-0.39, 0.29) is 22.4 Å². The lowest BCUT2D eigenvalue weighted by Gasteiger charge is -2.13. The highest BCUT2D eigenvalue weighted by Gasteiger charge is 2.17. The highest BCUT2D eigenvalue weighted by Crippen LogP contribution is 2.28. The summed E-state index contributed by atoms with van der Waals surface area (Å²) in [5.41, 5.74) is 2.66. The number of hydrogen-bond acceptors (Lipinski definition) is 5. The second-order valence-electron chi connectivity index (χ2n) is 7.00. The van der Waals surface area contributed by atoms with Crippen LogP contribution >= 0.6 is 11.8 Å². The Kier molecular flexibility index (Phi) is 7.76. The number of carbonyl (C=O) groups excluding carboxylic acids is 1. The summed E-state index contributed by atoms with van der Waals surface area (Å²) in [6.07, 6.45) is 0. The van der Waals surface area contributed by atoms with Crippen LogP contribution in [-0.4, -0.2) is 27.2 Å². The number of sulfonamides is 1. The lowest BCUT2D eigenvalue weighted by atomic mass is 10.2. The molecule has 0 bridgehead atoms. The van der Waals surface area contributed by atoms with Crippen LogP contribution in [-0.2, 0) is 20.6 Å². The van der Waals surface area contributed by atoms with E-state index in [1.54, 1.807) is 24.3 Å². The molecule has 0 unspecified atom stereocenters. The molecule has 3 rings (SSSR count). The SMILES string of the molecule is COc1ccc(C)cc1NS(=O)(=O)c1ccc(NC(=O)CSCc2ccc(F)cc2)cc1. The number of thioether (sulfide) groups is 1.